The van der Waals surface area contributed by atoms with Gasteiger partial charge < -0.3 is 4.98 Å². The molecule has 0 bridgehead atoms. The van der Waals surface area contributed by atoms with Gasteiger partial charge in [0.2, 0.25) is 0 Å². The number of nitrogens with zero attached hydrogens (tertiary/aromatic N) is 1. The smallest absolute Gasteiger partial charge is 0.0457 e. The molecule has 1 heterocycles. The van der Waals surface area contributed by atoms with Crippen molar-refractivity contribution < 1.29 is 0 Å². The highest BCUT2D eigenvalue weighted by Gasteiger charge is 2.03. The number of rotatable bonds is 3. The number of fused-ring (bicyclic) bond motifs is 1. The van der Waals surface area contributed by atoms with Gasteiger partial charge in [0.15, 0.2) is 0 Å². The summed E-state index contributed by atoms with van der Waals surface area (Å²) in [5, 5.41) is 3.35. The lowest BCUT2D eigenvalue weighted by molar-refractivity contribution is 0.252. The van der Waals surface area contributed by atoms with Gasteiger partial charge in [0, 0.05) is 30.7 Å². The first-order valence-electron chi connectivity index (χ1n) is 4.75. The monoisotopic (exact) mass is 189 g/mol. The lowest BCUT2D eigenvalue weighted by Crippen LogP contribution is -2.29. The van der Waals surface area contributed by atoms with E-state index in [9.17, 15) is 0 Å². The van der Waals surface area contributed by atoms with E-state index in [4.69, 9.17) is 0 Å². The third kappa shape index (κ3) is 1.64. The van der Waals surface area contributed by atoms with Gasteiger partial charge >= 0.3 is 0 Å². The summed E-state index contributed by atoms with van der Waals surface area (Å²) in [5.74, 6) is 0. The Balaban J connectivity index is 2.33. The molecule has 74 valence electrons. The zero-order valence-electron chi connectivity index (χ0n) is 8.54. The molecule has 3 heteroatoms. The molecule has 14 heavy (non-hydrogen) atoms. The summed E-state index contributed by atoms with van der Waals surface area (Å²) in [5.41, 5.74) is 5.61. The van der Waals surface area contributed by atoms with E-state index in [2.05, 4.69) is 39.8 Å². The highest BCUT2D eigenvalue weighted by molar-refractivity contribution is 5.82. The molecule has 0 unspecified atom stereocenters. The van der Waals surface area contributed by atoms with Crippen molar-refractivity contribution in [3.05, 3.63) is 36.0 Å². The van der Waals surface area contributed by atoms with Crippen molar-refractivity contribution in [3.63, 3.8) is 0 Å². The van der Waals surface area contributed by atoms with Crippen LogP contribution in [0.25, 0.3) is 10.9 Å². The topological polar surface area (TPSA) is 31.1 Å². The summed E-state index contributed by atoms with van der Waals surface area (Å²) in [6.45, 7) is 0.903. The second kappa shape index (κ2) is 3.82. The van der Waals surface area contributed by atoms with Gasteiger partial charge in [0.25, 0.3) is 0 Å². The van der Waals surface area contributed by atoms with E-state index in [1.165, 1.54) is 16.5 Å². The Hall–Kier alpha value is -1.32. The molecular formula is C11H15N3. The molecule has 3 nitrogen and oxygen atoms in total. The molecular weight excluding hydrogens is 174 g/mol. The first-order valence-corrected chi connectivity index (χ1v) is 4.75. The molecule has 0 fully saturated rings. The van der Waals surface area contributed by atoms with Crippen LogP contribution in [0.3, 0.4) is 0 Å². The van der Waals surface area contributed by atoms with Gasteiger partial charge in [-0.25, -0.2) is 5.01 Å². The molecule has 2 aromatic rings. The molecule has 0 atom stereocenters. The zero-order chi connectivity index (χ0) is 9.97. The summed E-state index contributed by atoms with van der Waals surface area (Å²) in [4.78, 5) is 3.26. The predicted molar refractivity (Wildman–Crippen MR) is 58.8 cm³/mol. The van der Waals surface area contributed by atoms with Crippen LogP contribution >= 0.6 is 0 Å². The molecule has 0 saturated carbocycles. The number of H-pyrrole nitrogens is 1. The standard InChI is InChI=1S/C11H15N3/c1-12-14(2)8-9-7-13-11-6-4-3-5-10(9)11/h3-7,12-13H,8H2,1-2H3. The molecule has 0 spiro atoms. The molecule has 2 N–H and O–H groups in total. The highest BCUT2D eigenvalue weighted by atomic mass is 15.5. The van der Waals surface area contributed by atoms with Crippen LogP contribution in [0.5, 0.6) is 0 Å². The molecule has 0 amide bonds. The van der Waals surface area contributed by atoms with Crippen molar-refractivity contribution in [2.24, 2.45) is 0 Å². The van der Waals surface area contributed by atoms with Crippen molar-refractivity contribution in [2.45, 2.75) is 6.54 Å². The van der Waals surface area contributed by atoms with E-state index in [0.717, 1.165) is 6.54 Å². The van der Waals surface area contributed by atoms with Crippen LogP contribution in [-0.2, 0) is 6.54 Å². The Kier molecular flexibility index (Phi) is 2.52. The van der Waals surface area contributed by atoms with E-state index in [1.54, 1.807) is 0 Å². The lowest BCUT2D eigenvalue weighted by atomic mass is 10.2. The predicted octanol–water partition coefficient (Wildman–Crippen LogP) is 1.73. The molecule has 0 saturated heterocycles. The van der Waals surface area contributed by atoms with E-state index in [1.807, 2.05) is 20.2 Å². The molecule has 0 radical (unpaired) electrons. The quantitative estimate of drug-likeness (QED) is 0.720. The van der Waals surface area contributed by atoms with E-state index in [-0.39, 0.29) is 0 Å². The van der Waals surface area contributed by atoms with Crippen molar-refractivity contribution in [2.75, 3.05) is 14.1 Å². The Bertz CT molecular complexity index is 419. The van der Waals surface area contributed by atoms with E-state index in [0.29, 0.717) is 0 Å². The van der Waals surface area contributed by atoms with Gasteiger partial charge in [0.05, 0.1) is 0 Å². The maximum atomic E-state index is 3.26. The molecule has 0 aliphatic carbocycles. The maximum Gasteiger partial charge on any atom is 0.0457 e. The number of hydrazine groups is 1. The normalized spacial score (nSPS) is 11.4. The number of hydrogen-bond acceptors (Lipinski definition) is 2. The number of aromatic amines is 1. The summed E-state index contributed by atoms with van der Waals surface area (Å²) in [7, 11) is 3.95. The van der Waals surface area contributed by atoms with Crippen LogP contribution < -0.4 is 5.43 Å². The van der Waals surface area contributed by atoms with Gasteiger partial charge in [0.1, 0.15) is 0 Å². The SMILES string of the molecule is CNN(C)Cc1c[nH]c2ccccc12. The minimum Gasteiger partial charge on any atom is -0.361 e. The van der Waals surface area contributed by atoms with Crippen molar-refractivity contribution >= 4 is 10.9 Å². The zero-order valence-corrected chi connectivity index (χ0v) is 8.54. The van der Waals surface area contributed by atoms with E-state index >= 15 is 0 Å². The second-order valence-electron chi connectivity index (χ2n) is 3.44. The Morgan fingerprint density at radius 2 is 2.14 bits per heavy atom. The molecule has 0 aliphatic heterocycles. The average molecular weight is 189 g/mol. The summed E-state index contributed by atoms with van der Waals surface area (Å²) in [6.07, 6.45) is 2.07. The van der Waals surface area contributed by atoms with Crippen molar-refractivity contribution in [1.29, 1.82) is 0 Å². The number of para-hydroxylation sites is 1. The first-order chi connectivity index (χ1) is 6.81. The molecule has 0 aliphatic rings. The van der Waals surface area contributed by atoms with Crippen molar-refractivity contribution in [3.8, 4) is 0 Å². The summed E-state index contributed by atoms with van der Waals surface area (Å²) < 4.78 is 0. The maximum absolute atomic E-state index is 3.26. The Morgan fingerprint density at radius 3 is 2.93 bits per heavy atom. The van der Waals surface area contributed by atoms with Gasteiger partial charge in [-0.3, -0.25) is 5.43 Å². The number of nitrogens with one attached hydrogen (secondary N) is 2. The minimum absolute atomic E-state index is 0.903. The number of benzene rings is 1. The largest absolute Gasteiger partial charge is 0.361 e. The minimum atomic E-state index is 0.903. The summed E-state index contributed by atoms with van der Waals surface area (Å²) >= 11 is 0. The second-order valence-corrected chi connectivity index (χ2v) is 3.44. The van der Waals surface area contributed by atoms with Gasteiger partial charge in [-0.15, -0.1) is 0 Å². The average Bonchev–Trinajstić information content (AvgIpc) is 2.62. The van der Waals surface area contributed by atoms with Crippen molar-refractivity contribution in [1.82, 2.24) is 15.4 Å². The third-order valence-electron chi connectivity index (χ3n) is 2.46. The van der Waals surface area contributed by atoms with Crippen LogP contribution in [0.1, 0.15) is 5.56 Å². The first kappa shape index (κ1) is 9.24. The molecule has 2 rings (SSSR count). The Labute approximate surface area is 83.7 Å². The molecule has 1 aromatic heterocycles. The number of aromatic nitrogens is 1. The fourth-order valence-electron chi connectivity index (χ4n) is 1.60. The fourth-order valence-corrected chi connectivity index (χ4v) is 1.60. The van der Waals surface area contributed by atoms with E-state index < -0.39 is 0 Å². The summed E-state index contributed by atoms with van der Waals surface area (Å²) in [6, 6.07) is 8.35. The van der Waals surface area contributed by atoms with Gasteiger partial charge in [-0.05, 0) is 18.7 Å². The number of hydrogen-bond donors (Lipinski definition) is 2. The van der Waals surface area contributed by atoms with Gasteiger partial charge in [-0.2, -0.15) is 0 Å². The third-order valence-corrected chi connectivity index (χ3v) is 2.46. The van der Waals surface area contributed by atoms with Gasteiger partial charge in [-0.1, -0.05) is 18.2 Å². The van der Waals surface area contributed by atoms with Crippen LogP contribution in [-0.4, -0.2) is 24.1 Å². The lowest BCUT2D eigenvalue weighted by Gasteiger charge is -2.13. The molecule has 1 aromatic carbocycles. The van der Waals surface area contributed by atoms with Crippen LogP contribution in [0, 0.1) is 0 Å². The van der Waals surface area contributed by atoms with Crippen LogP contribution in [0.4, 0.5) is 0 Å². The van der Waals surface area contributed by atoms with Crippen LogP contribution in [0.2, 0.25) is 0 Å². The highest BCUT2D eigenvalue weighted by Crippen LogP contribution is 2.18. The van der Waals surface area contributed by atoms with Crippen LogP contribution in [0.15, 0.2) is 30.5 Å². The fraction of sp³-hybridized carbons (Fsp3) is 0.273. The Morgan fingerprint density at radius 1 is 1.36 bits per heavy atom.